The van der Waals surface area contributed by atoms with Crippen molar-refractivity contribution < 1.29 is 0 Å². The maximum atomic E-state index is 5.35. The van der Waals surface area contributed by atoms with E-state index in [1.165, 1.54) is 0 Å². The number of nitrogens with zero attached hydrogens (tertiary/aromatic N) is 4. The van der Waals surface area contributed by atoms with Crippen LogP contribution in [-0.4, -0.2) is 17.1 Å². The van der Waals surface area contributed by atoms with Gasteiger partial charge in [-0.15, -0.1) is 0 Å². The van der Waals surface area contributed by atoms with E-state index in [1.807, 2.05) is 48.5 Å². The summed E-state index contributed by atoms with van der Waals surface area (Å²) in [6.45, 7) is 0. The van der Waals surface area contributed by atoms with Gasteiger partial charge >= 0.3 is 0 Å². The molecule has 42 heavy (non-hydrogen) atoms. The normalized spacial score (nSPS) is 16.4. The third kappa shape index (κ3) is 4.97. The Hall–Kier alpha value is -4.39. The zero-order valence-electron chi connectivity index (χ0n) is 22.4. The van der Waals surface area contributed by atoms with Gasteiger partial charge in [-0.1, -0.05) is 137 Å². The first-order valence-electron chi connectivity index (χ1n) is 13.6. The van der Waals surface area contributed by atoms with Crippen LogP contribution in [0.4, 0.5) is 5.69 Å². The minimum atomic E-state index is -0.195. The van der Waals surface area contributed by atoms with Crippen molar-refractivity contribution in [2.45, 2.75) is 6.04 Å². The van der Waals surface area contributed by atoms with E-state index in [1.54, 1.807) is 0 Å². The summed E-state index contributed by atoms with van der Waals surface area (Å²) in [5.74, 6) is 1.28. The Morgan fingerprint density at radius 2 is 1.02 bits per heavy atom. The number of benzene rings is 5. The molecule has 0 saturated carbocycles. The number of halogens is 2. The molecular formula is C36H24Br2N4. The molecule has 2 aliphatic heterocycles. The second kappa shape index (κ2) is 11.5. The largest absolute Gasteiger partial charge is 0.309 e. The maximum absolute atomic E-state index is 5.35. The third-order valence-electron chi connectivity index (χ3n) is 7.28. The van der Waals surface area contributed by atoms with Crippen molar-refractivity contribution in [3.05, 3.63) is 182 Å². The molecule has 202 valence electrons. The van der Waals surface area contributed by atoms with Crippen LogP contribution < -0.4 is 4.90 Å². The van der Waals surface area contributed by atoms with E-state index in [0.717, 1.165) is 54.0 Å². The predicted octanol–water partition coefficient (Wildman–Crippen LogP) is 9.38. The lowest BCUT2D eigenvalue weighted by Crippen LogP contribution is -2.28. The second-order valence-corrected chi connectivity index (χ2v) is 11.7. The smallest absolute Gasteiger partial charge is 0.197 e. The fourth-order valence-electron chi connectivity index (χ4n) is 5.37. The minimum absolute atomic E-state index is 0.195. The van der Waals surface area contributed by atoms with Crippen LogP contribution in [0.5, 0.6) is 0 Å². The summed E-state index contributed by atoms with van der Waals surface area (Å²) in [5, 5.41) is 0. The van der Waals surface area contributed by atoms with Gasteiger partial charge in [0.15, 0.2) is 11.6 Å². The van der Waals surface area contributed by atoms with Crippen molar-refractivity contribution in [3.8, 4) is 0 Å². The average Bonchev–Trinajstić information content (AvgIpc) is 3.66. The molecular weight excluding hydrogens is 648 g/mol. The molecule has 0 fully saturated rings. The molecule has 2 heterocycles. The van der Waals surface area contributed by atoms with Gasteiger partial charge in [0, 0.05) is 20.1 Å². The van der Waals surface area contributed by atoms with Crippen molar-refractivity contribution in [1.82, 2.24) is 0 Å². The fourth-order valence-corrected chi connectivity index (χ4v) is 6.61. The van der Waals surface area contributed by atoms with E-state index < -0.39 is 0 Å². The summed E-state index contributed by atoms with van der Waals surface area (Å²) in [4.78, 5) is 18.0. The van der Waals surface area contributed by atoms with E-state index >= 15 is 0 Å². The third-order valence-corrected chi connectivity index (χ3v) is 8.41. The van der Waals surface area contributed by atoms with Crippen molar-refractivity contribution in [3.63, 3.8) is 0 Å². The first-order valence-corrected chi connectivity index (χ1v) is 15.2. The van der Waals surface area contributed by atoms with Gasteiger partial charge in [-0.3, -0.25) is 0 Å². The molecule has 0 amide bonds. The highest BCUT2D eigenvalue weighted by Crippen LogP contribution is 2.45. The standard InChI is InChI=1S/C36H24Br2N4/c37-28-21-22-30(29(38)23-28)42-34(27-19-11-4-12-20-27)33(26-17-9-3-10-18-26)41-36(42)35-39-31(24-13-5-1-6-14-24)32(40-35)25-15-7-2-8-16-25/h1-23,34H. The summed E-state index contributed by atoms with van der Waals surface area (Å²) < 4.78 is 1.93. The Labute approximate surface area is 261 Å². The van der Waals surface area contributed by atoms with Crippen LogP contribution in [0.3, 0.4) is 0 Å². The topological polar surface area (TPSA) is 40.3 Å². The zero-order chi connectivity index (χ0) is 28.5. The Bertz CT molecular complexity index is 1820. The molecule has 7 rings (SSSR count). The lowest BCUT2D eigenvalue weighted by atomic mass is 9.96. The second-order valence-electron chi connectivity index (χ2n) is 9.94. The van der Waals surface area contributed by atoms with Gasteiger partial charge in [0.25, 0.3) is 0 Å². The minimum Gasteiger partial charge on any atom is -0.309 e. The molecule has 0 spiro atoms. The average molecular weight is 672 g/mol. The van der Waals surface area contributed by atoms with Crippen LogP contribution in [0.25, 0.3) is 0 Å². The van der Waals surface area contributed by atoms with Gasteiger partial charge in [-0.05, 0) is 45.3 Å². The number of anilines is 1. The molecule has 6 heteroatoms. The molecule has 1 atom stereocenters. The Kier molecular flexibility index (Phi) is 7.24. The van der Waals surface area contributed by atoms with Crippen molar-refractivity contribution in [2.24, 2.45) is 15.0 Å². The molecule has 0 aromatic heterocycles. The van der Waals surface area contributed by atoms with Crippen LogP contribution in [0.15, 0.2) is 175 Å². The van der Waals surface area contributed by atoms with Crippen LogP contribution >= 0.6 is 31.9 Å². The van der Waals surface area contributed by atoms with E-state index in [9.17, 15) is 0 Å². The Morgan fingerprint density at radius 3 is 1.55 bits per heavy atom. The van der Waals surface area contributed by atoms with Gasteiger partial charge < -0.3 is 4.90 Å². The van der Waals surface area contributed by atoms with Crippen molar-refractivity contribution >= 4 is 54.7 Å². The zero-order valence-corrected chi connectivity index (χ0v) is 25.6. The molecule has 0 N–H and O–H groups in total. The summed E-state index contributed by atoms with van der Waals surface area (Å²) >= 11 is 7.48. The van der Waals surface area contributed by atoms with Crippen molar-refractivity contribution in [1.29, 1.82) is 0 Å². The van der Waals surface area contributed by atoms with E-state index in [-0.39, 0.29) is 6.04 Å². The lowest BCUT2D eigenvalue weighted by molar-refractivity contribution is 0.866. The molecule has 2 aliphatic rings. The number of rotatable bonds is 5. The van der Waals surface area contributed by atoms with Crippen LogP contribution in [0.1, 0.15) is 28.3 Å². The molecule has 0 saturated heterocycles. The summed E-state index contributed by atoms with van der Waals surface area (Å²) in [6.07, 6.45) is 0. The van der Waals surface area contributed by atoms with Crippen molar-refractivity contribution in [2.75, 3.05) is 4.90 Å². The first-order chi connectivity index (χ1) is 20.7. The SMILES string of the molecule is Brc1ccc(N2C(=C3N=C(c4ccccc4)C(c4ccccc4)=N3)N=C(c3ccccc3)C2c2ccccc2)c(Br)c1. The van der Waals surface area contributed by atoms with Gasteiger partial charge in [0.2, 0.25) is 0 Å². The quantitative estimate of drug-likeness (QED) is 0.184. The van der Waals surface area contributed by atoms with Gasteiger partial charge in [-0.25, -0.2) is 15.0 Å². The van der Waals surface area contributed by atoms with Gasteiger partial charge in [-0.2, -0.15) is 0 Å². The molecule has 0 aliphatic carbocycles. The molecule has 1 unspecified atom stereocenters. The van der Waals surface area contributed by atoms with Crippen LogP contribution in [-0.2, 0) is 0 Å². The van der Waals surface area contributed by atoms with Crippen LogP contribution in [0, 0.1) is 0 Å². The first kappa shape index (κ1) is 26.5. The molecule has 5 aromatic rings. The van der Waals surface area contributed by atoms with E-state index in [4.69, 9.17) is 15.0 Å². The lowest BCUT2D eigenvalue weighted by Gasteiger charge is -2.29. The number of aliphatic imine (C=N–C) groups is 3. The van der Waals surface area contributed by atoms with Crippen LogP contribution in [0.2, 0.25) is 0 Å². The maximum Gasteiger partial charge on any atom is 0.197 e. The predicted molar refractivity (Wildman–Crippen MR) is 179 cm³/mol. The summed E-state index contributed by atoms with van der Waals surface area (Å²) in [7, 11) is 0. The van der Waals surface area contributed by atoms with Gasteiger partial charge in [0.05, 0.1) is 22.8 Å². The molecule has 4 nitrogen and oxygen atoms in total. The Balaban J connectivity index is 1.52. The van der Waals surface area contributed by atoms with E-state index in [0.29, 0.717) is 11.6 Å². The van der Waals surface area contributed by atoms with Gasteiger partial charge in [0.1, 0.15) is 6.04 Å². The molecule has 5 aromatic carbocycles. The highest BCUT2D eigenvalue weighted by atomic mass is 79.9. The highest BCUT2D eigenvalue weighted by Gasteiger charge is 2.39. The highest BCUT2D eigenvalue weighted by molar-refractivity contribution is 9.11. The summed E-state index contributed by atoms with van der Waals surface area (Å²) in [5.41, 5.74) is 7.79. The summed E-state index contributed by atoms with van der Waals surface area (Å²) in [6, 6.07) is 47.4. The monoisotopic (exact) mass is 670 g/mol. The van der Waals surface area contributed by atoms with E-state index in [2.05, 4.69) is 128 Å². The number of hydrogen-bond donors (Lipinski definition) is 0. The molecule has 0 radical (unpaired) electrons. The number of hydrogen-bond acceptors (Lipinski definition) is 4. The Morgan fingerprint density at radius 1 is 0.524 bits per heavy atom. The molecule has 0 bridgehead atoms. The fraction of sp³-hybridized carbons (Fsp3) is 0.0278.